The van der Waals surface area contributed by atoms with Crippen molar-refractivity contribution in [3.05, 3.63) is 52.2 Å². The summed E-state index contributed by atoms with van der Waals surface area (Å²) in [7, 11) is 1.73. The van der Waals surface area contributed by atoms with Crippen molar-refractivity contribution in [1.82, 2.24) is 19.2 Å². The normalized spacial score (nSPS) is 18.0. The van der Waals surface area contributed by atoms with Gasteiger partial charge in [-0.05, 0) is 31.2 Å². The Bertz CT molecular complexity index is 849. The number of aromatic nitrogens is 3. The van der Waals surface area contributed by atoms with Crippen molar-refractivity contribution < 1.29 is 4.79 Å². The first-order valence-corrected chi connectivity index (χ1v) is 10.8. The van der Waals surface area contributed by atoms with E-state index < -0.39 is 0 Å². The van der Waals surface area contributed by atoms with Gasteiger partial charge in [0.15, 0.2) is 0 Å². The number of likely N-dealkylation sites (tertiary alicyclic amines) is 1. The number of piperidine rings is 1. The molecule has 7 heteroatoms. The van der Waals surface area contributed by atoms with E-state index in [0.717, 1.165) is 50.4 Å². The van der Waals surface area contributed by atoms with Gasteiger partial charge in [-0.3, -0.25) is 9.36 Å². The molecule has 2 aliphatic rings. The van der Waals surface area contributed by atoms with E-state index in [1.54, 1.807) is 18.8 Å². The zero-order valence-corrected chi connectivity index (χ0v) is 16.5. The van der Waals surface area contributed by atoms with Crippen LogP contribution in [0.5, 0.6) is 0 Å². The van der Waals surface area contributed by atoms with E-state index in [9.17, 15) is 9.59 Å². The lowest BCUT2D eigenvalue weighted by Crippen LogP contribution is -2.39. The minimum Gasteiger partial charge on any atom is -0.342 e. The molecule has 4 rings (SSSR count). The summed E-state index contributed by atoms with van der Waals surface area (Å²) in [5.41, 5.74) is 1.26. The number of carbonyl (C=O) groups excluding carboxylic acids is 1. The van der Waals surface area contributed by atoms with Crippen LogP contribution in [0.4, 0.5) is 0 Å². The summed E-state index contributed by atoms with van der Waals surface area (Å²) in [6, 6.07) is 10.6. The van der Waals surface area contributed by atoms with Crippen molar-refractivity contribution in [2.45, 2.75) is 43.4 Å². The summed E-state index contributed by atoms with van der Waals surface area (Å²) in [6.45, 7) is 1.51. The van der Waals surface area contributed by atoms with Crippen molar-refractivity contribution >= 4 is 17.7 Å². The first-order valence-electron chi connectivity index (χ1n) is 9.68. The smallest absolute Gasteiger partial charge is 0.342 e. The van der Waals surface area contributed by atoms with Gasteiger partial charge in [0, 0.05) is 37.8 Å². The summed E-state index contributed by atoms with van der Waals surface area (Å²) in [4.78, 5) is 26.8. The number of aryl methyl sites for hydroxylation is 1. The molecule has 0 radical (unpaired) electrons. The number of carbonyl (C=O) groups is 1. The summed E-state index contributed by atoms with van der Waals surface area (Å²) >= 11 is 1.67. The third-order valence-electron chi connectivity index (χ3n) is 5.44. The quantitative estimate of drug-likeness (QED) is 0.766. The van der Waals surface area contributed by atoms with Crippen LogP contribution in [0.15, 0.2) is 35.1 Å². The number of thioether (sulfide) groups is 1. The Morgan fingerprint density at radius 1 is 1.15 bits per heavy atom. The molecule has 1 aliphatic heterocycles. The second kappa shape index (κ2) is 7.92. The predicted octanol–water partition coefficient (Wildman–Crippen LogP) is 2.56. The van der Waals surface area contributed by atoms with Crippen LogP contribution in [0, 0.1) is 0 Å². The van der Waals surface area contributed by atoms with E-state index in [4.69, 9.17) is 0 Å². The summed E-state index contributed by atoms with van der Waals surface area (Å²) in [5, 5.41) is 4.51. The number of benzene rings is 1. The van der Waals surface area contributed by atoms with Crippen molar-refractivity contribution in [3.8, 4) is 0 Å². The van der Waals surface area contributed by atoms with Gasteiger partial charge in [0.1, 0.15) is 5.82 Å². The van der Waals surface area contributed by atoms with Crippen molar-refractivity contribution in [1.29, 1.82) is 0 Å². The van der Waals surface area contributed by atoms with Gasteiger partial charge >= 0.3 is 5.69 Å². The summed E-state index contributed by atoms with van der Waals surface area (Å²) in [6.07, 6.45) is 3.93. The fourth-order valence-electron chi connectivity index (χ4n) is 3.76. The fourth-order valence-corrected chi connectivity index (χ4v) is 4.65. The predicted molar refractivity (Wildman–Crippen MR) is 107 cm³/mol. The van der Waals surface area contributed by atoms with Crippen LogP contribution in [-0.4, -0.2) is 44.0 Å². The van der Waals surface area contributed by atoms with Crippen molar-refractivity contribution in [2.75, 3.05) is 18.8 Å². The van der Waals surface area contributed by atoms with Crippen molar-refractivity contribution in [2.24, 2.45) is 7.05 Å². The highest BCUT2D eigenvalue weighted by molar-refractivity contribution is 7.99. The number of hydrogen-bond donors (Lipinski definition) is 0. The Morgan fingerprint density at radius 2 is 1.85 bits per heavy atom. The molecular formula is C20H26N4O2S. The molecule has 6 nitrogen and oxygen atoms in total. The Balaban J connectivity index is 1.29. The molecule has 0 unspecified atom stereocenters. The topological polar surface area (TPSA) is 60.1 Å². The molecule has 1 saturated carbocycles. The van der Waals surface area contributed by atoms with Crippen LogP contribution in [0.3, 0.4) is 0 Å². The molecular weight excluding hydrogens is 360 g/mol. The van der Waals surface area contributed by atoms with Gasteiger partial charge < -0.3 is 4.90 Å². The van der Waals surface area contributed by atoms with Crippen LogP contribution in [0.2, 0.25) is 0 Å². The zero-order valence-electron chi connectivity index (χ0n) is 15.7. The first kappa shape index (κ1) is 18.3. The van der Waals surface area contributed by atoms with E-state index in [0.29, 0.717) is 11.8 Å². The van der Waals surface area contributed by atoms with Gasteiger partial charge in [0.25, 0.3) is 0 Å². The fraction of sp³-hybridized carbons (Fsp3) is 0.550. The van der Waals surface area contributed by atoms with E-state index in [-0.39, 0.29) is 17.5 Å². The molecule has 0 bridgehead atoms. The Hall–Kier alpha value is -2.02. The largest absolute Gasteiger partial charge is 0.345 e. The maximum Gasteiger partial charge on any atom is 0.345 e. The third kappa shape index (κ3) is 4.13. The average molecular weight is 387 g/mol. The Kier molecular flexibility index (Phi) is 5.38. The molecule has 1 aromatic carbocycles. The molecule has 2 fully saturated rings. The van der Waals surface area contributed by atoms with Crippen LogP contribution in [0.1, 0.15) is 49.0 Å². The molecule has 2 heterocycles. The molecule has 1 aliphatic carbocycles. The summed E-state index contributed by atoms with van der Waals surface area (Å²) < 4.78 is 3.36. The van der Waals surface area contributed by atoms with Gasteiger partial charge in [-0.15, -0.1) is 11.8 Å². The van der Waals surface area contributed by atoms with Gasteiger partial charge in [0.2, 0.25) is 5.91 Å². The van der Waals surface area contributed by atoms with E-state index in [1.165, 1.54) is 10.2 Å². The maximum atomic E-state index is 12.5. The molecule has 144 valence electrons. The molecule has 1 amide bonds. The number of rotatable bonds is 6. The number of hydrogen-bond acceptors (Lipinski definition) is 4. The van der Waals surface area contributed by atoms with Crippen molar-refractivity contribution in [3.63, 3.8) is 0 Å². The Labute approximate surface area is 163 Å². The molecule has 0 N–H and O–H groups in total. The molecule has 27 heavy (non-hydrogen) atoms. The highest BCUT2D eigenvalue weighted by atomic mass is 32.2. The monoisotopic (exact) mass is 386 g/mol. The lowest BCUT2D eigenvalue weighted by Gasteiger charge is -2.31. The van der Waals surface area contributed by atoms with Gasteiger partial charge in [-0.25, -0.2) is 9.48 Å². The minimum atomic E-state index is 0.00307. The molecule has 1 saturated heterocycles. The van der Waals surface area contributed by atoms with Gasteiger partial charge in [0.05, 0.1) is 5.75 Å². The standard InChI is InChI=1S/C20H26N4O2S/c1-22-20(26)24(17-7-8-17)19(21-22)16-9-11-23(12-10-16)18(25)14-27-13-15-5-3-2-4-6-15/h2-6,16-17H,7-14H2,1H3. The van der Waals surface area contributed by atoms with E-state index in [2.05, 4.69) is 17.2 Å². The molecule has 0 spiro atoms. The lowest BCUT2D eigenvalue weighted by atomic mass is 9.96. The highest BCUT2D eigenvalue weighted by Gasteiger charge is 2.34. The molecule has 2 aromatic rings. The van der Waals surface area contributed by atoms with E-state index >= 15 is 0 Å². The van der Waals surface area contributed by atoms with Gasteiger partial charge in [-0.2, -0.15) is 5.10 Å². The Morgan fingerprint density at radius 3 is 2.52 bits per heavy atom. The minimum absolute atomic E-state index is 0.00307. The SMILES string of the molecule is Cn1nc(C2CCN(C(=O)CSCc3ccccc3)CC2)n(C2CC2)c1=O. The van der Waals surface area contributed by atoms with Crippen LogP contribution in [-0.2, 0) is 17.6 Å². The molecule has 0 atom stereocenters. The number of amides is 1. The first-order chi connectivity index (χ1) is 13.1. The average Bonchev–Trinajstić information content (AvgIpc) is 3.48. The third-order valence-corrected chi connectivity index (χ3v) is 6.43. The maximum absolute atomic E-state index is 12.5. The zero-order chi connectivity index (χ0) is 18.8. The highest BCUT2D eigenvalue weighted by Crippen LogP contribution is 2.37. The summed E-state index contributed by atoms with van der Waals surface area (Å²) in [5.74, 6) is 2.81. The van der Waals surface area contributed by atoms with E-state index in [1.807, 2.05) is 27.7 Å². The van der Waals surface area contributed by atoms with Crippen LogP contribution in [0.25, 0.3) is 0 Å². The number of nitrogens with zero attached hydrogens (tertiary/aromatic N) is 4. The second-order valence-electron chi connectivity index (χ2n) is 7.50. The second-order valence-corrected chi connectivity index (χ2v) is 8.48. The molecule has 1 aromatic heterocycles. The van der Waals surface area contributed by atoms with Crippen LogP contribution < -0.4 is 5.69 Å². The van der Waals surface area contributed by atoms with Crippen LogP contribution >= 0.6 is 11.8 Å². The lowest BCUT2D eigenvalue weighted by molar-refractivity contribution is -0.129. The van der Waals surface area contributed by atoms with Gasteiger partial charge in [-0.1, -0.05) is 30.3 Å².